The molecule has 0 aliphatic heterocycles. The summed E-state index contributed by atoms with van der Waals surface area (Å²) in [4.78, 5) is 4.46. The van der Waals surface area contributed by atoms with Crippen LogP contribution in [0.3, 0.4) is 0 Å². The second-order valence-electron chi connectivity index (χ2n) is 6.71. The average molecular weight is 507 g/mol. The summed E-state index contributed by atoms with van der Waals surface area (Å²) in [6.45, 7) is 4.49. The third-order valence-corrected chi connectivity index (χ3v) is 5.20. The number of nitrogens with one attached hydrogen (secondary N) is 2. The predicted octanol–water partition coefficient (Wildman–Crippen LogP) is 3.96. The maximum absolute atomic E-state index is 13.9. The molecule has 0 amide bonds. The van der Waals surface area contributed by atoms with Crippen LogP contribution in [0, 0.1) is 11.6 Å². The van der Waals surface area contributed by atoms with E-state index in [0.29, 0.717) is 18.9 Å². The number of hydrogen-bond acceptors (Lipinski definition) is 3. The normalized spacial score (nSPS) is 21.1. The minimum Gasteiger partial charge on any atom is -0.383 e. The first-order valence-electron chi connectivity index (χ1n) is 8.66. The van der Waals surface area contributed by atoms with E-state index in [4.69, 9.17) is 0 Å². The number of hydrogen-bond donors (Lipinski definition) is 3. The quantitative estimate of drug-likeness (QED) is 0.315. The molecule has 3 unspecified atom stereocenters. The van der Waals surface area contributed by atoms with Crippen molar-refractivity contribution in [3.8, 4) is 0 Å². The SMILES string of the molecule is CCNC(=NCC(C)(O)c1ccsc1)NC1CC1c1c(F)cccc1F.I. The molecular formula is C19H24F2IN3OS. The Balaban J connectivity index is 0.00000261. The molecule has 0 bridgehead atoms. The Morgan fingerprint density at radius 1 is 1.33 bits per heavy atom. The lowest BCUT2D eigenvalue weighted by Gasteiger charge is -2.21. The van der Waals surface area contributed by atoms with Gasteiger partial charge in [0.25, 0.3) is 0 Å². The molecule has 8 heteroatoms. The largest absolute Gasteiger partial charge is 0.383 e. The lowest BCUT2D eigenvalue weighted by molar-refractivity contribution is 0.0677. The second kappa shape index (κ2) is 9.29. The number of aliphatic hydroxyl groups is 1. The van der Waals surface area contributed by atoms with E-state index in [9.17, 15) is 13.9 Å². The van der Waals surface area contributed by atoms with Gasteiger partial charge in [0.05, 0.1) is 6.54 Å². The van der Waals surface area contributed by atoms with Crippen molar-refractivity contribution in [1.82, 2.24) is 10.6 Å². The summed E-state index contributed by atoms with van der Waals surface area (Å²) in [5.41, 5.74) is -0.117. The topological polar surface area (TPSA) is 56.7 Å². The Morgan fingerprint density at radius 3 is 2.63 bits per heavy atom. The molecule has 1 aromatic carbocycles. The molecule has 3 atom stereocenters. The Labute approximate surface area is 179 Å². The number of benzene rings is 1. The summed E-state index contributed by atoms with van der Waals surface area (Å²) < 4.78 is 27.8. The van der Waals surface area contributed by atoms with Crippen LogP contribution in [0.5, 0.6) is 0 Å². The number of thiophene rings is 1. The van der Waals surface area contributed by atoms with Crippen molar-refractivity contribution in [2.75, 3.05) is 13.1 Å². The Bertz CT molecular complexity index is 763. The van der Waals surface area contributed by atoms with E-state index in [0.717, 1.165) is 5.56 Å². The van der Waals surface area contributed by atoms with E-state index in [1.165, 1.54) is 29.5 Å². The van der Waals surface area contributed by atoms with Crippen LogP contribution >= 0.6 is 35.3 Å². The Hall–Kier alpha value is -1.26. The van der Waals surface area contributed by atoms with Crippen LogP contribution in [0.1, 0.15) is 37.3 Å². The Kier molecular flexibility index (Phi) is 7.58. The minimum absolute atomic E-state index is 0. The highest BCUT2D eigenvalue weighted by Crippen LogP contribution is 2.43. The molecule has 1 aliphatic rings. The zero-order chi connectivity index (χ0) is 18.7. The summed E-state index contributed by atoms with van der Waals surface area (Å²) in [7, 11) is 0. The Morgan fingerprint density at radius 2 is 2.04 bits per heavy atom. The van der Waals surface area contributed by atoms with E-state index in [2.05, 4.69) is 15.6 Å². The van der Waals surface area contributed by atoms with E-state index in [-0.39, 0.29) is 48.0 Å². The number of aliphatic imine (C=N–C) groups is 1. The molecule has 3 rings (SSSR count). The van der Waals surface area contributed by atoms with Crippen LogP contribution < -0.4 is 10.6 Å². The van der Waals surface area contributed by atoms with Gasteiger partial charge >= 0.3 is 0 Å². The summed E-state index contributed by atoms with van der Waals surface area (Å²) in [6.07, 6.45) is 0.642. The third-order valence-electron chi connectivity index (χ3n) is 4.52. The summed E-state index contributed by atoms with van der Waals surface area (Å²) >= 11 is 1.52. The van der Waals surface area contributed by atoms with Crippen molar-refractivity contribution >= 4 is 41.3 Å². The minimum atomic E-state index is -1.07. The summed E-state index contributed by atoms with van der Waals surface area (Å²) in [5.74, 6) is -0.701. The van der Waals surface area contributed by atoms with Gasteiger partial charge < -0.3 is 15.7 Å². The molecular weight excluding hydrogens is 483 g/mol. The first kappa shape index (κ1) is 22.0. The molecule has 1 heterocycles. The lowest BCUT2D eigenvalue weighted by Crippen LogP contribution is -2.40. The monoisotopic (exact) mass is 507 g/mol. The average Bonchev–Trinajstić information content (AvgIpc) is 3.10. The molecule has 3 N–H and O–H groups in total. The molecule has 2 aromatic rings. The summed E-state index contributed by atoms with van der Waals surface area (Å²) in [6, 6.07) is 5.73. The van der Waals surface area contributed by atoms with E-state index < -0.39 is 17.2 Å². The predicted molar refractivity (Wildman–Crippen MR) is 116 cm³/mol. The van der Waals surface area contributed by atoms with Gasteiger partial charge in [0.15, 0.2) is 5.96 Å². The van der Waals surface area contributed by atoms with Gasteiger partial charge in [-0.3, -0.25) is 0 Å². The fraction of sp³-hybridized carbons (Fsp3) is 0.421. The van der Waals surface area contributed by atoms with Gasteiger partial charge in [-0.15, -0.1) is 24.0 Å². The molecule has 27 heavy (non-hydrogen) atoms. The fourth-order valence-electron chi connectivity index (χ4n) is 2.93. The number of nitrogens with zero attached hydrogens (tertiary/aromatic N) is 1. The molecule has 0 spiro atoms. The van der Waals surface area contributed by atoms with Crippen LogP contribution in [-0.2, 0) is 5.60 Å². The van der Waals surface area contributed by atoms with Crippen molar-refractivity contribution in [1.29, 1.82) is 0 Å². The fourth-order valence-corrected chi connectivity index (χ4v) is 3.71. The third kappa shape index (κ3) is 5.39. The van der Waals surface area contributed by atoms with Crippen molar-refractivity contribution in [3.63, 3.8) is 0 Å². The van der Waals surface area contributed by atoms with Crippen molar-refractivity contribution in [2.45, 2.75) is 37.8 Å². The van der Waals surface area contributed by atoms with Crippen LogP contribution in [0.15, 0.2) is 40.0 Å². The van der Waals surface area contributed by atoms with Gasteiger partial charge in [0.2, 0.25) is 0 Å². The molecule has 1 aromatic heterocycles. The molecule has 148 valence electrons. The van der Waals surface area contributed by atoms with Crippen molar-refractivity contribution in [2.24, 2.45) is 4.99 Å². The van der Waals surface area contributed by atoms with Gasteiger partial charge in [0, 0.05) is 24.1 Å². The van der Waals surface area contributed by atoms with Crippen molar-refractivity contribution < 1.29 is 13.9 Å². The van der Waals surface area contributed by atoms with Crippen LogP contribution in [0.2, 0.25) is 0 Å². The molecule has 4 nitrogen and oxygen atoms in total. The summed E-state index contributed by atoms with van der Waals surface area (Å²) in [5, 5.41) is 20.7. The van der Waals surface area contributed by atoms with Crippen LogP contribution in [0.25, 0.3) is 0 Å². The van der Waals surface area contributed by atoms with E-state index in [1.54, 1.807) is 6.92 Å². The van der Waals surface area contributed by atoms with E-state index in [1.807, 2.05) is 23.8 Å². The second-order valence-corrected chi connectivity index (χ2v) is 7.49. The number of rotatable bonds is 6. The number of halogens is 3. The molecule has 0 saturated heterocycles. The zero-order valence-electron chi connectivity index (χ0n) is 15.2. The maximum atomic E-state index is 13.9. The van der Waals surface area contributed by atoms with Crippen LogP contribution in [-0.4, -0.2) is 30.2 Å². The molecule has 1 aliphatic carbocycles. The van der Waals surface area contributed by atoms with Gasteiger partial charge in [0.1, 0.15) is 17.2 Å². The van der Waals surface area contributed by atoms with Gasteiger partial charge in [-0.2, -0.15) is 11.3 Å². The maximum Gasteiger partial charge on any atom is 0.191 e. The highest BCUT2D eigenvalue weighted by Gasteiger charge is 2.42. The number of guanidine groups is 1. The lowest BCUT2D eigenvalue weighted by atomic mass is 10.00. The standard InChI is InChI=1S/C19H23F2N3OS.HI/c1-3-22-18(23-11-19(2,25)12-7-8-26-10-12)24-16-9-13(16)17-14(20)5-4-6-15(17)21;/h4-8,10,13,16,25H,3,9,11H2,1-2H3,(H2,22,23,24);1H. The smallest absolute Gasteiger partial charge is 0.191 e. The van der Waals surface area contributed by atoms with Crippen molar-refractivity contribution in [3.05, 3.63) is 57.8 Å². The van der Waals surface area contributed by atoms with E-state index >= 15 is 0 Å². The first-order valence-corrected chi connectivity index (χ1v) is 9.60. The molecule has 1 fully saturated rings. The van der Waals surface area contributed by atoms with Gasteiger partial charge in [-0.25, -0.2) is 13.8 Å². The van der Waals surface area contributed by atoms with Crippen LogP contribution in [0.4, 0.5) is 8.78 Å². The molecule has 0 radical (unpaired) electrons. The highest BCUT2D eigenvalue weighted by molar-refractivity contribution is 14.0. The highest BCUT2D eigenvalue weighted by atomic mass is 127. The van der Waals surface area contributed by atoms with Gasteiger partial charge in [-0.1, -0.05) is 6.07 Å². The van der Waals surface area contributed by atoms with Gasteiger partial charge in [-0.05, 0) is 54.8 Å². The first-order chi connectivity index (χ1) is 12.4. The zero-order valence-corrected chi connectivity index (χ0v) is 18.4. The molecule has 1 saturated carbocycles.